The normalized spacial score (nSPS) is 22.1. The van der Waals surface area contributed by atoms with E-state index < -0.39 is 10.0 Å². The summed E-state index contributed by atoms with van der Waals surface area (Å²) in [5, 5.41) is 3.25. The number of sulfonamides is 1. The second-order valence-electron chi connectivity index (χ2n) is 5.82. The van der Waals surface area contributed by atoms with Crippen LogP contribution in [0.4, 0.5) is 0 Å². The summed E-state index contributed by atoms with van der Waals surface area (Å²) >= 11 is 0. The van der Waals surface area contributed by atoms with E-state index in [2.05, 4.69) is 15.3 Å². The smallest absolute Gasteiger partial charge is 0.211 e. The minimum absolute atomic E-state index is 0.0649. The van der Waals surface area contributed by atoms with Gasteiger partial charge in [0.15, 0.2) is 0 Å². The molecule has 2 heterocycles. The molecule has 2 rings (SSSR count). The minimum atomic E-state index is -3.09. The molecule has 1 fully saturated rings. The Morgan fingerprint density at radius 1 is 1.43 bits per heavy atom. The molecular formula is C14H24N4O2S. The number of hydrogen-bond acceptors (Lipinski definition) is 5. The van der Waals surface area contributed by atoms with Crippen LogP contribution in [-0.2, 0) is 10.0 Å². The Morgan fingerprint density at radius 2 is 2.10 bits per heavy atom. The molecule has 2 atom stereocenters. The van der Waals surface area contributed by atoms with Gasteiger partial charge < -0.3 is 5.32 Å². The zero-order valence-corrected chi connectivity index (χ0v) is 13.7. The number of nitrogens with one attached hydrogen (secondary N) is 1. The van der Waals surface area contributed by atoms with Gasteiger partial charge in [0.1, 0.15) is 5.82 Å². The number of rotatable bonds is 5. The van der Waals surface area contributed by atoms with E-state index in [9.17, 15) is 8.42 Å². The predicted octanol–water partition coefficient (Wildman–Crippen LogP) is 1.11. The fourth-order valence-corrected chi connectivity index (χ4v) is 3.73. The molecule has 2 unspecified atom stereocenters. The molecule has 7 heteroatoms. The first-order valence-corrected chi connectivity index (χ1v) is 9.16. The third-order valence-electron chi connectivity index (χ3n) is 3.98. The van der Waals surface area contributed by atoms with Crippen molar-refractivity contribution in [1.82, 2.24) is 19.6 Å². The number of aromatic nitrogens is 2. The monoisotopic (exact) mass is 312 g/mol. The van der Waals surface area contributed by atoms with Gasteiger partial charge in [-0.15, -0.1) is 0 Å². The summed E-state index contributed by atoms with van der Waals surface area (Å²) in [5.74, 6) is 1.12. The van der Waals surface area contributed by atoms with Gasteiger partial charge in [-0.25, -0.2) is 22.7 Å². The van der Waals surface area contributed by atoms with Gasteiger partial charge in [-0.2, -0.15) is 0 Å². The molecule has 0 aliphatic carbocycles. The van der Waals surface area contributed by atoms with Gasteiger partial charge >= 0.3 is 0 Å². The lowest BCUT2D eigenvalue weighted by Gasteiger charge is -2.32. The molecule has 21 heavy (non-hydrogen) atoms. The quantitative estimate of drug-likeness (QED) is 0.881. The standard InChI is InChI=1S/C14H24N4O2S/c1-11-8-16-14(17-9-11)13(15-2)7-12-5-4-6-18(10-12)21(3,19)20/h8-9,12-13,15H,4-7,10H2,1-3H3. The lowest BCUT2D eigenvalue weighted by molar-refractivity contribution is 0.238. The minimum Gasteiger partial charge on any atom is -0.310 e. The SMILES string of the molecule is CNC(CC1CCCN(S(C)(=O)=O)C1)c1ncc(C)cn1. The van der Waals surface area contributed by atoms with E-state index in [1.807, 2.05) is 26.4 Å². The molecule has 1 N–H and O–H groups in total. The van der Waals surface area contributed by atoms with Crippen LogP contribution < -0.4 is 5.32 Å². The maximum Gasteiger partial charge on any atom is 0.211 e. The van der Waals surface area contributed by atoms with Crippen LogP contribution in [0.25, 0.3) is 0 Å². The first-order chi connectivity index (χ1) is 9.90. The second-order valence-corrected chi connectivity index (χ2v) is 7.81. The Morgan fingerprint density at radius 3 is 2.67 bits per heavy atom. The maximum atomic E-state index is 11.7. The highest BCUT2D eigenvalue weighted by atomic mass is 32.2. The van der Waals surface area contributed by atoms with Crippen molar-refractivity contribution in [3.8, 4) is 0 Å². The largest absolute Gasteiger partial charge is 0.310 e. The number of hydrogen-bond donors (Lipinski definition) is 1. The first kappa shape index (κ1) is 16.3. The van der Waals surface area contributed by atoms with Gasteiger partial charge in [0.2, 0.25) is 10.0 Å². The van der Waals surface area contributed by atoms with E-state index >= 15 is 0 Å². The van der Waals surface area contributed by atoms with E-state index in [1.165, 1.54) is 6.26 Å². The highest BCUT2D eigenvalue weighted by Gasteiger charge is 2.28. The summed E-state index contributed by atoms with van der Waals surface area (Å²) < 4.78 is 24.9. The molecule has 1 saturated heterocycles. The number of nitrogens with zero attached hydrogens (tertiary/aromatic N) is 3. The van der Waals surface area contributed by atoms with Crippen LogP contribution in [0.2, 0.25) is 0 Å². The fourth-order valence-electron chi connectivity index (χ4n) is 2.79. The maximum absolute atomic E-state index is 11.7. The summed E-state index contributed by atoms with van der Waals surface area (Å²) in [4.78, 5) is 8.75. The van der Waals surface area contributed by atoms with Crippen LogP contribution in [0, 0.1) is 12.8 Å². The Bertz CT molecular complexity index is 559. The zero-order valence-electron chi connectivity index (χ0n) is 12.9. The van der Waals surface area contributed by atoms with Gasteiger partial charge in [0.25, 0.3) is 0 Å². The molecule has 118 valence electrons. The Balaban J connectivity index is 2.03. The van der Waals surface area contributed by atoms with E-state index in [1.54, 1.807) is 4.31 Å². The molecular weight excluding hydrogens is 288 g/mol. The lowest BCUT2D eigenvalue weighted by Crippen LogP contribution is -2.40. The van der Waals surface area contributed by atoms with E-state index in [0.29, 0.717) is 19.0 Å². The third-order valence-corrected chi connectivity index (χ3v) is 5.25. The topological polar surface area (TPSA) is 75.2 Å². The zero-order chi connectivity index (χ0) is 15.5. The van der Waals surface area contributed by atoms with Crippen LogP contribution >= 0.6 is 0 Å². The predicted molar refractivity (Wildman–Crippen MR) is 82.3 cm³/mol. The van der Waals surface area contributed by atoms with Crippen molar-refractivity contribution >= 4 is 10.0 Å². The molecule has 0 radical (unpaired) electrons. The van der Waals surface area contributed by atoms with Crippen molar-refractivity contribution in [3.63, 3.8) is 0 Å². The average Bonchev–Trinajstić information content (AvgIpc) is 2.45. The Hall–Kier alpha value is -1.05. The number of aryl methyl sites for hydroxylation is 1. The fraction of sp³-hybridized carbons (Fsp3) is 0.714. The molecule has 0 saturated carbocycles. The molecule has 1 aliphatic heterocycles. The van der Waals surface area contributed by atoms with Gasteiger partial charge in [-0.05, 0) is 44.7 Å². The molecule has 1 aliphatic rings. The molecule has 1 aromatic heterocycles. The molecule has 0 bridgehead atoms. The summed E-state index contributed by atoms with van der Waals surface area (Å²) in [6.07, 6.45) is 7.74. The van der Waals surface area contributed by atoms with Crippen molar-refractivity contribution in [1.29, 1.82) is 0 Å². The van der Waals surface area contributed by atoms with Crippen molar-refractivity contribution < 1.29 is 8.42 Å². The van der Waals surface area contributed by atoms with Gasteiger partial charge in [-0.1, -0.05) is 0 Å². The third kappa shape index (κ3) is 4.46. The van der Waals surface area contributed by atoms with Crippen molar-refractivity contribution in [2.75, 3.05) is 26.4 Å². The van der Waals surface area contributed by atoms with E-state index in [-0.39, 0.29) is 6.04 Å². The van der Waals surface area contributed by atoms with Crippen LogP contribution in [0.15, 0.2) is 12.4 Å². The Labute approximate surface area is 127 Å². The second kappa shape index (κ2) is 6.81. The van der Waals surface area contributed by atoms with Gasteiger partial charge in [-0.3, -0.25) is 0 Å². The van der Waals surface area contributed by atoms with Crippen molar-refractivity contribution in [3.05, 3.63) is 23.8 Å². The van der Waals surface area contributed by atoms with Crippen LogP contribution in [0.5, 0.6) is 0 Å². The lowest BCUT2D eigenvalue weighted by atomic mass is 9.92. The molecule has 1 aromatic rings. The van der Waals surface area contributed by atoms with Crippen LogP contribution in [0.3, 0.4) is 0 Å². The summed E-state index contributed by atoms with van der Waals surface area (Å²) in [6, 6.07) is 0.0649. The van der Waals surface area contributed by atoms with Crippen molar-refractivity contribution in [2.45, 2.75) is 32.2 Å². The van der Waals surface area contributed by atoms with Gasteiger partial charge in [0, 0.05) is 25.5 Å². The Kier molecular flexibility index (Phi) is 5.29. The van der Waals surface area contributed by atoms with E-state index in [0.717, 1.165) is 30.7 Å². The van der Waals surface area contributed by atoms with E-state index in [4.69, 9.17) is 0 Å². The molecule has 0 spiro atoms. The summed E-state index contributed by atoms with van der Waals surface area (Å²) in [5.41, 5.74) is 1.04. The molecule has 0 amide bonds. The molecule has 0 aromatic carbocycles. The van der Waals surface area contributed by atoms with Crippen molar-refractivity contribution in [2.24, 2.45) is 5.92 Å². The van der Waals surface area contributed by atoms with Gasteiger partial charge in [0.05, 0.1) is 12.3 Å². The number of piperidine rings is 1. The molecule has 6 nitrogen and oxygen atoms in total. The summed E-state index contributed by atoms with van der Waals surface area (Å²) in [6.45, 7) is 3.20. The summed E-state index contributed by atoms with van der Waals surface area (Å²) in [7, 11) is -1.20. The highest BCUT2D eigenvalue weighted by Crippen LogP contribution is 2.27. The first-order valence-electron chi connectivity index (χ1n) is 7.31. The average molecular weight is 312 g/mol. The van der Waals surface area contributed by atoms with Crippen LogP contribution in [0.1, 0.15) is 36.7 Å². The highest BCUT2D eigenvalue weighted by molar-refractivity contribution is 7.88. The van der Waals surface area contributed by atoms with Crippen LogP contribution in [-0.4, -0.2) is 49.1 Å².